The lowest BCUT2D eigenvalue weighted by molar-refractivity contribution is 1.69. The van der Waals surface area contributed by atoms with E-state index in [0.29, 0.717) is 0 Å². The maximum Gasteiger partial charge on any atom is 0.0313 e. The van der Waals surface area contributed by atoms with E-state index in [-0.39, 0.29) is 9.90 Å². The molecule has 1 nitrogen and oxygen atoms in total. The van der Waals surface area contributed by atoms with Gasteiger partial charge in [0.1, 0.15) is 0 Å². The lowest BCUT2D eigenvalue weighted by Gasteiger charge is -1.83. The summed E-state index contributed by atoms with van der Waals surface area (Å²) in [5.41, 5.74) is 6.18. The zero-order valence-electron chi connectivity index (χ0n) is 4.41. The zero-order valence-corrected chi connectivity index (χ0v) is 5.31. The second-order valence-electron chi connectivity index (χ2n) is 1.41. The van der Waals surface area contributed by atoms with E-state index in [2.05, 4.69) is 0 Å². The third-order valence-corrected chi connectivity index (χ3v) is 0.800. The molecule has 0 fully saturated rings. The number of nitrogens with two attached hydrogens (primary N) is 1. The molecule has 2 N–H and O–H groups in total. The third-order valence-electron chi connectivity index (χ3n) is 0.800. The Morgan fingerprint density at radius 3 is 1.75 bits per heavy atom. The van der Waals surface area contributed by atoms with E-state index < -0.39 is 0 Å². The largest absolute Gasteiger partial charge is 0.399 e. The molecule has 0 aliphatic carbocycles. The van der Waals surface area contributed by atoms with Gasteiger partial charge in [0.2, 0.25) is 0 Å². The second-order valence-corrected chi connectivity index (χ2v) is 1.41. The summed E-state index contributed by atoms with van der Waals surface area (Å²) in [6.07, 6.45) is 0. The van der Waals surface area contributed by atoms with Crippen LogP contribution in [0.5, 0.6) is 0 Å². The van der Waals surface area contributed by atoms with Crippen molar-refractivity contribution in [3.05, 3.63) is 30.3 Å². The molecule has 0 aromatic heterocycles. The quantitative estimate of drug-likeness (QED) is 0.416. The number of rotatable bonds is 0. The molecule has 0 amide bonds. The summed E-state index contributed by atoms with van der Waals surface area (Å²) in [5.74, 6) is 0. The molecule has 0 saturated heterocycles. The summed E-state index contributed by atoms with van der Waals surface area (Å²) in [5, 5.41) is 0. The lowest BCUT2D eigenvalue weighted by Crippen LogP contribution is -1.79. The molecule has 8 heavy (non-hydrogen) atoms. The number of para-hydroxylation sites is 1. The van der Waals surface area contributed by atoms with Crippen LogP contribution in [-0.4, -0.2) is 0 Å². The molecule has 2 heteroatoms. The number of benzene rings is 1. The Morgan fingerprint density at radius 1 is 1.00 bits per heavy atom. The SMILES string of the molecule is Nc1ccccc1.[P]. The van der Waals surface area contributed by atoms with Gasteiger partial charge in [-0.3, -0.25) is 0 Å². The Labute approximate surface area is 52.5 Å². The first-order chi connectivity index (χ1) is 3.39. The summed E-state index contributed by atoms with van der Waals surface area (Å²) in [6.45, 7) is 0. The van der Waals surface area contributed by atoms with Crippen molar-refractivity contribution in [1.29, 1.82) is 0 Å². The van der Waals surface area contributed by atoms with E-state index in [1.165, 1.54) is 0 Å². The highest BCUT2D eigenvalue weighted by molar-refractivity contribution is 6.92. The topological polar surface area (TPSA) is 26.0 Å². The molecule has 1 rings (SSSR count). The molecule has 0 heterocycles. The van der Waals surface area contributed by atoms with E-state index in [9.17, 15) is 0 Å². The molecule has 1 aromatic rings. The average molecular weight is 124 g/mol. The van der Waals surface area contributed by atoms with Crippen molar-refractivity contribution in [2.45, 2.75) is 0 Å². The van der Waals surface area contributed by atoms with Gasteiger partial charge < -0.3 is 5.73 Å². The number of anilines is 1. The van der Waals surface area contributed by atoms with Crippen molar-refractivity contribution in [1.82, 2.24) is 0 Å². The monoisotopic (exact) mass is 124 g/mol. The lowest BCUT2D eigenvalue weighted by atomic mass is 10.3. The molecule has 0 unspecified atom stereocenters. The number of nitrogen functional groups attached to an aromatic ring is 1. The second kappa shape index (κ2) is 3.45. The van der Waals surface area contributed by atoms with E-state index >= 15 is 0 Å². The Balaban J connectivity index is 0.000000490. The van der Waals surface area contributed by atoms with Gasteiger partial charge in [-0.1, -0.05) is 18.2 Å². The maximum atomic E-state index is 5.36. The molecule has 0 bridgehead atoms. The van der Waals surface area contributed by atoms with Gasteiger partial charge >= 0.3 is 0 Å². The minimum absolute atomic E-state index is 0. The van der Waals surface area contributed by atoms with Crippen LogP contribution >= 0.6 is 9.90 Å². The molecule has 1 aromatic carbocycles. The van der Waals surface area contributed by atoms with Crippen LogP contribution < -0.4 is 5.73 Å². The van der Waals surface area contributed by atoms with Gasteiger partial charge in [0.15, 0.2) is 0 Å². The van der Waals surface area contributed by atoms with Crippen LogP contribution in [0.2, 0.25) is 0 Å². The third kappa shape index (κ3) is 1.94. The van der Waals surface area contributed by atoms with E-state index in [0.717, 1.165) is 5.69 Å². The van der Waals surface area contributed by atoms with Crippen LogP contribution in [0.3, 0.4) is 0 Å². The molecule has 41 valence electrons. The summed E-state index contributed by atoms with van der Waals surface area (Å²) >= 11 is 0. The van der Waals surface area contributed by atoms with E-state index in [4.69, 9.17) is 5.73 Å². The average Bonchev–Trinajstić information content (AvgIpc) is 1.69. The molecule has 0 aliphatic heterocycles. The van der Waals surface area contributed by atoms with Crippen molar-refractivity contribution in [3.63, 3.8) is 0 Å². The van der Waals surface area contributed by atoms with Crippen molar-refractivity contribution >= 4 is 15.6 Å². The van der Waals surface area contributed by atoms with Gasteiger partial charge in [-0.25, -0.2) is 0 Å². The Kier molecular flexibility index (Phi) is 3.21. The standard InChI is InChI=1S/C6H7N.P/c7-6-4-2-1-3-5-6;/h1-5H,7H2;. The fourth-order valence-electron chi connectivity index (χ4n) is 0.453. The maximum absolute atomic E-state index is 5.36. The summed E-state index contributed by atoms with van der Waals surface area (Å²) < 4.78 is 0. The van der Waals surface area contributed by atoms with Gasteiger partial charge in [0, 0.05) is 15.6 Å². The van der Waals surface area contributed by atoms with E-state index in [1.807, 2.05) is 30.3 Å². The summed E-state index contributed by atoms with van der Waals surface area (Å²) in [7, 11) is 0. The zero-order chi connectivity index (χ0) is 5.11. The van der Waals surface area contributed by atoms with Gasteiger partial charge in [-0.05, 0) is 12.1 Å². The smallest absolute Gasteiger partial charge is 0.0313 e. The van der Waals surface area contributed by atoms with Crippen LogP contribution in [0, 0.1) is 0 Å². The highest BCUT2D eigenvalue weighted by Crippen LogP contribution is 1.95. The Bertz CT molecular complexity index is 138. The molecule has 0 aliphatic rings. The predicted molar refractivity (Wildman–Crippen MR) is 37.8 cm³/mol. The van der Waals surface area contributed by atoms with Crippen molar-refractivity contribution in [2.75, 3.05) is 5.73 Å². The first-order valence-electron chi connectivity index (χ1n) is 2.20. The molecular formula is C6H7NP. The van der Waals surface area contributed by atoms with Crippen LogP contribution in [0.25, 0.3) is 0 Å². The Morgan fingerprint density at radius 2 is 1.50 bits per heavy atom. The molecular weight excluding hydrogens is 117 g/mol. The Hall–Kier alpha value is -0.550. The van der Waals surface area contributed by atoms with Gasteiger partial charge in [0.05, 0.1) is 0 Å². The summed E-state index contributed by atoms with van der Waals surface area (Å²) in [4.78, 5) is 0. The molecule has 3 radical (unpaired) electrons. The number of hydrogen-bond donors (Lipinski definition) is 1. The highest BCUT2D eigenvalue weighted by atomic mass is 31.0. The fourth-order valence-corrected chi connectivity index (χ4v) is 0.453. The molecule has 0 saturated carbocycles. The van der Waals surface area contributed by atoms with Crippen molar-refractivity contribution in [3.8, 4) is 0 Å². The normalized spacial score (nSPS) is 7.50. The van der Waals surface area contributed by atoms with Crippen LogP contribution in [0.1, 0.15) is 0 Å². The fraction of sp³-hybridized carbons (Fsp3) is 0. The van der Waals surface area contributed by atoms with Gasteiger partial charge in [-0.15, -0.1) is 0 Å². The van der Waals surface area contributed by atoms with Crippen LogP contribution in [0.4, 0.5) is 5.69 Å². The highest BCUT2D eigenvalue weighted by Gasteiger charge is 1.72. The van der Waals surface area contributed by atoms with Gasteiger partial charge in [-0.2, -0.15) is 0 Å². The van der Waals surface area contributed by atoms with Crippen molar-refractivity contribution in [2.24, 2.45) is 0 Å². The van der Waals surface area contributed by atoms with Crippen LogP contribution in [-0.2, 0) is 0 Å². The minimum atomic E-state index is 0. The molecule has 0 atom stereocenters. The first kappa shape index (κ1) is 7.45. The van der Waals surface area contributed by atoms with Crippen LogP contribution in [0.15, 0.2) is 30.3 Å². The molecule has 0 spiro atoms. The van der Waals surface area contributed by atoms with E-state index in [1.54, 1.807) is 0 Å². The van der Waals surface area contributed by atoms with Crippen molar-refractivity contribution < 1.29 is 0 Å². The number of hydrogen-bond acceptors (Lipinski definition) is 1. The van der Waals surface area contributed by atoms with Gasteiger partial charge in [0.25, 0.3) is 0 Å². The first-order valence-corrected chi connectivity index (χ1v) is 2.20. The minimum Gasteiger partial charge on any atom is -0.399 e. The summed E-state index contributed by atoms with van der Waals surface area (Å²) in [6, 6.07) is 9.49. The predicted octanol–water partition coefficient (Wildman–Crippen LogP) is 2.13.